The Bertz CT molecular complexity index is 2540. The van der Waals surface area contributed by atoms with Gasteiger partial charge in [0.25, 0.3) is 14.3 Å². The van der Waals surface area contributed by atoms with Crippen molar-refractivity contribution in [3.8, 4) is 17.6 Å². The van der Waals surface area contributed by atoms with Crippen molar-refractivity contribution in [1.82, 2.24) is 39.7 Å². The number of aromatic nitrogens is 8. The van der Waals surface area contributed by atoms with Crippen molar-refractivity contribution in [3.63, 3.8) is 0 Å². The van der Waals surface area contributed by atoms with E-state index in [-0.39, 0.29) is 47.3 Å². The van der Waals surface area contributed by atoms with Crippen LogP contribution in [0.2, 0.25) is 0 Å². The zero-order chi connectivity index (χ0) is 39.8. The Kier molecular flexibility index (Phi) is 11.3. The smallest absolute Gasteiger partial charge is 0.338 e. The lowest BCUT2D eigenvalue weighted by Gasteiger charge is -2.25. The highest BCUT2D eigenvalue weighted by Gasteiger charge is 2.52. The van der Waals surface area contributed by atoms with Crippen molar-refractivity contribution >= 4 is 43.2 Å². The molecule has 0 bridgehead atoms. The maximum atomic E-state index is 13.8. The first-order valence-electron chi connectivity index (χ1n) is 17.8. The van der Waals surface area contributed by atoms with E-state index in [1.54, 1.807) is 109 Å². The van der Waals surface area contributed by atoms with Crippen LogP contribution >= 0.6 is 8.38 Å². The number of pyridine rings is 1. The number of ether oxygens (including phenoxy) is 3. The van der Waals surface area contributed by atoms with Gasteiger partial charge in [0.15, 0.2) is 35.4 Å². The number of amides is 1. The molecule has 1 unspecified atom stereocenters. The van der Waals surface area contributed by atoms with E-state index in [2.05, 4.69) is 41.7 Å². The number of hydrogen-bond donors (Lipinski definition) is 1. The number of carbonyl (C=O) groups excluding carboxylic acids is 3. The van der Waals surface area contributed by atoms with Gasteiger partial charge in [-0.15, -0.1) is 10.2 Å². The molecule has 0 saturated carbocycles. The van der Waals surface area contributed by atoms with Crippen LogP contribution in [0.15, 0.2) is 122 Å². The molecule has 19 heteroatoms. The van der Waals surface area contributed by atoms with Crippen LogP contribution in [0.4, 0.5) is 5.82 Å². The number of nitriles is 1. The van der Waals surface area contributed by atoms with Crippen LogP contribution in [0.3, 0.4) is 0 Å². The predicted molar refractivity (Wildman–Crippen MR) is 204 cm³/mol. The summed E-state index contributed by atoms with van der Waals surface area (Å²) in [5.74, 6) is -1.39. The molecule has 1 fully saturated rings. The minimum atomic E-state index is -1.85. The van der Waals surface area contributed by atoms with Gasteiger partial charge in [0.2, 0.25) is 5.82 Å². The van der Waals surface area contributed by atoms with E-state index in [1.165, 1.54) is 22.0 Å². The van der Waals surface area contributed by atoms with Gasteiger partial charge in [-0.05, 0) is 53.7 Å². The van der Waals surface area contributed by atoms with E-state index in [0.29, 0.717) is 17.1 Å². The first kappa shape index (κ1) is 37.7. The average Bonchev–Trinajstić information content (AvgIpc) is 4.01. The standard InChI is InChI=1S/C39H31N10O8P/c40-19-11-21-58(57-49-20-10-18-28-34(49)46-47-45-28)53-22-29-31(55-38(51)26-14-6-2-7-15-26)32(56-39(52)27-16-8-3-9-17-27)37(54-29)48-24-43-30-33(41-23-42-35(30)48)44-36(50)25-12-4-1-5-13-25/h1-10,12-18,20,23-24,29,31-32,37H,11,21-22H2,(H,41,42,44,50)/t29-,31-,32-,37-,58?/m1/s1. The van der Waals surface area contributed by atoms with E-state index in [4.69, 9.17) is 23.4 Å². The van der Waals surface area contributed by atoms with Crippen molar-refractivity contribution in [3.05, 3.63) is 139 Å². The fourth-order valence-corrected chi connectivity index (χ4v) is 7.29. The quantitative estimate of drug-likeness (QED) is 0.114. The lowest BCUT2D eigenvalue weighted by Crippen LogP contribution is -2.41. The molecule has 1 amide bonds. The highest BCUT2D eigenvalue weighted by Crippen LogP contribution is 2.41. The number of benzene rings is 3. The van der Waals surface area contributed by atoms with Crippen LogP contribution in [0, 0.1) is 11.3 Å². The molecule has 0 radical (unpaired) electrons. The van der Waals surface area contributed by atoms with Gasteiger partial charge < -0.3 is 28.7 Å². The molecule has 3 aliphatic heterocycles. The Hall–Kier alpha value is -7.19. The topological polar surface area (TPSA) is 220 Å². The maximum absolute atomic E-state index is 13.8. The Morgan fingerprint density at radius 1 is 0.810 bits per heavy atom. The molecule has 3 aromatic carbocycles. The van der Waals surface area contributed by atoms with Crippen molar-refractivity contribution in [2.45, 2.75) is 31.0 Å². The highest BCUT2D eigenvalue weighted by molar-refractivity contribution is 7.47. The summed E-state index contributed by atoms with van der Waals surface area (Å²) in [6.07, 6.45) is -0.313. The van der Waals surface area contributed by atoms with Gasteiger partial charge in [0.1, 0.15) is 18.1 Å². The van der Waals surface area contributed by atoms with Gasteiger partial charge in [0.05, 0.1) is 30.1 Å². The third-order valence-electron chi connectivity index (χ3n) is 8.86. The van der Waals surface area contributed by atoms with Crippen LogP contribution in [-0.2, 0) is 18.7 Å². The average molecular weight is 799 g/mol. The normalized spacial score (nSPS) is 18.0. The third kappa shape index (κ3) is 8.18. The molecular weight excluding hydrogens is 767 g/mol. The predicted octanol–water partition coefficient (Wildman–Crippen LogP) is 4.89. The summed E-state index contributed by atoms with van der Waals surface area (Å²) in [6.45, 7) is -0.249. The lowest BCUT2D eigenvalue weighted by molar-refractivity contribution is -0.0542. The first-order valence-corrected chi connectivity index (χ1v) is 19.2. The van der Waals surface area contributed by atoms with Crippen LogP contribution in [0.5, 0.6) is 0 Å². The van der Waals surface area contributed by atoms with E-state index < -0.39 is 50.8 Å². The number of hydrogen-bond acceptors (Lipinski definition) is 15. The molecule has 290 valence electrons. The van der Waals surface area contributed by atoms with Gasteiger partial charge in [-0.25, -0.2) is 24.5 Å². The summed E-state index contributed by atoms with van der Waals surface area (Å²) in [5, 5.41) is 23.9. The van der Waals surface area contributed by atoms with Gasteiger partial charge in [0, 0.05) is 24.3 Å². The molecule has 5 atom stereocenters. The minimum absolute atomic E-state index is 0.0922. The monoisotopic (exact) mass is 798 g/mol. The van der Waals surface area contributed by atoms with E-state index in [9.17, 15) is 19.6 Å². The van der Waals surface area contributed by atoms with E-state index >= 15 is 0 Å². The molecule has 58 heavy (non-hydrogen) atoms. The SMILES string of the molecule is N#CCCP(OC[C@H]1O[C@@H](n2cnc3c(NC(=O)c4ccccc4)ncnc32)[C@H](OC(=O)c2ccccc2)[C@@H]1OC(=O)c1ccccc1)On1cccc2nnnc1-2. The number of esters is 2. The second kappa shape index (κ2) is 17.3. The number of rotatable bonds is 14. The van der Waals surface area contributed by atoms with Gasteiger partial charge in [-0.2, -0.15) is 9.99 Å². The van der Waals surface area contributed by atoms with Crippen LogP contribution in [0.25, 0.3) is 22.7 Å². The number of imidazole rings is 1. The highest BCUT2D eigenvalue weighted by atomic mass is 31.2. The molecule has 0 spiro atoms. The summed E-state index contributed by atoms with van der Waals surface area (Å²) in [5.41, 5.74) is 1.79. The number of fused-ring (bicyclic) bond motifs is 2. The summed E-state index contributed by atoms with van der Waals surface area (Å²) in [6, 6.07) is 30.7. The Labute approximate surface area is 330 Å². The Morgan fingerprint density at radius 3 is 2.17 bits per heavy atom. The number of nitrogens with one attached hydrogen (secondary N) is 1. The summed E-state index contributed by atoms with van der Waals surface area (Å²) in [4.78, 5) is 53.8. The fourth-order valence-electron chi connectivity index (χ4n) is 6.11. The molecule has 8 rings (SSSR count). The molecule has 18 nitrogen and oxygen atoms in total. The Balaban J connectivity index is 1.14. The number of nitrogens with zero attached hydrogens (tertiary/aromatic N) is 9. The third-order valence-corrected chi connectivity index (χ3v) is 10.2. The molecule has 5 heterocycles. The minimum Gasteiger partial charge on any atom is -0.452 e. The molecular formula is C39H31N10O8P. The molecule has 2 aromatic heterocycles. The molecule has 1 saturated heterocycles. The zero-order valence-electron chi connectivity index (χ0n) is 30.2. The second-order valence-corrected chi connectivity index (χ2v) is 14.1. The summed E-state index contributed by atoms with van der Waals surface area (Å²) in [7, 11) is -1.85. The lowest BCUT2D eigenvalue weighted by atomic mass is 10.1. The largest absolute Gasteiger partial charge is 0.452 e. The van der Waals surface area contributed by atoms with Gasteiger partial charge >= 0.3 is 11.9 Å². The number of carbonyl (C=O) groups is 3. The van der Waals surface area contributed by atoms with Gasteiger partial charge in [-0.3, -0.25) is 9.36 Å². The van der Waals surface area contributed by atoms with Crippen molar-refractivity contribution in [2.24, 2.45) is 0 Å². The van der Waals surface area contributed by atoms with Gasteiger partial charge in [-0.1, -0.05) is 54.6 Å². The van der Waals surface area contributed by atoms with Crippen molar-refractivity contribution < 1.29 is 37.7 Å². The number of anilines is 1. The first-order chi connectivity index (χ1) is 28.5. The van der Waals surface area contributed by atoms with Crippen LogP contribution < -0.4 is 9.94 Å². The molecule has 5 aromatic rings. The van der Waals surface area contributed by atoms with E-state index in [1.807, 2.05) is 0 Å². The fraction of sp³-hybridized carbons (Fsp3) is 0.179. The summed E-state index contributed by atoms with van der Waals surface area (Å²) >= 11 is 0. The Morgan fingerprint density at radius 2 is 1.48 bits per heavy atom. The van der Waals surface area contributed by atoms with Crippen molar-refractivity contribution in [1.29, 1.82) is 5.26 Å². The molecule has 0 aliphatic carbocycles. The van der Waals surface area contributed by atoms with Crippen molar-refractivity contribution in [2.75, 3.05) is 18.1 Å². The second-order valence-electron chi connectivity index (χ2n) is 12.6. The molecule has 3 aliphatic rings. The van der Waals surface area contributed by atoms with E-state index in [0.717, 1.165) is 0 Å². The van der Waals surface area contributed by atoms with Crippen LogP contribution in [0.1, 0.15) is 43.7 Å². The zero-order valence-corrected chi connectivity index (χ0v) is 31.1. The maximum Gasteiger partial charge on any atom is 0.338 e. The molecule has 1 N–H and O–H groups in total. The summed E-state index contributed by atoms with van der Waals surface area (Å²) < 4.78 is 34.3. The van der Waals surface area contributed by atoms with Crippen LogP contribution in [-0.4, -0.2) is 88.6 Å².